The number of carbonyl (C=O) groups excluding carboxylic acids is 1. The molecule has 92 valence electrons. The zero-order valence-corrected chi connectivity index (χ0v) is 10.7. The number of pyridine rings is 1. The van der Waals surface area contributed by atoms with Gasteiger partial charge in [-0.15, -0.1) is 0 Å². The molecule has 0 bridgehead atoms. The Kier molecular flexibility index (Phi) is 3.94. The molecular weight excluding hydrogens is 276 g/mol. The molecule has 0 N–H and O–H groups in total. The summed E-state index contributed by atoms with van der Waals surface area (Å²) in [6, 6.07) is 7.02. The molecule has 1 aromatic heterocycles. The van der Waals surface area contributed by atoms with Gasteiger partial charge in [-0.2, -0.15) is 0 Å². The number of benzene rings is 1. The van der Waals surface area contributed by atoms with E-state index in [1.807, 2.05) is 0 Å². The first-order valence-electron chi connectivity index (χ1n) is 5.15. The average molecular weight is 284 g/mol. The highest BCUT2D eigenvalue weighted by Gasteiger charge is 2.11. The highest BCUT2D eigenvalue weighted by molar-refractivity contribution is 6.31. The fraction of sp³-hybridized carbons (Fsp3) is 0.0769. The number of carbonyl (C=O) groups is 1. The molecule has 0 amide bonds. The number of halogens is 3. The summed E-state index contributed by atoms with van der Waals surface area (Å²) in [6.07, 6.45) is 1.40. The van der Waals surface area contributed by atoms with Crippen molar-refractivity contribution in [3.8, 4) is 0 Å². The van der Waals surface area contributed by atoms with E-state index in [2.05, 4.69) is 4.98 Å². The van der Waals surface area contributed by atoms with Crippen molar-refractivity contribution in [1.29, 1.82) is 0 Å². The summed E-state index contributed by atoms with van der Waals surface area (Å²) in [6.45, 7) is 0. The van der Waals surface area contributed by atoms with Crippen molar-refractivity contribution >= 4 is 29.0 Å². The number of aromatic nitrogens is 1. The van der Waals surface area contributed by atoms with Crippen molar-refractivity contribution in [2.45, 2.75) is 6.42 Å². The van der Waals surface area contributed by atoms with E-state index in [-0.39, 0.29) is 17.9 Å². The van der Waals surface area contributed by atoms with E-state index in [1.165, 1.54) is 30.5 Å². The second-order valence-electron chi connectivity index (χ2n) is 3.70. The van der Waals surface area contributed by atoms with Gasteiger partial charge in [0.25, 0.3) is 0 Å². The van der Waals surface area contributed by atoms with Gasteiger partial charge in [-0.1, -0.05) is 23.2 Å². The smallest absolute Gasteiger partial charge is 0.185 e. The summed E-state index contributed by atoms with van der Waals surface area (Å²) >= 11 is 11.6. The molecule has 0 aliphatic carbocycles. The predicted octanol–water partition coefficient (Wildman–Crippen LogP) is 3.95. The fourth-order valence-electron chi connectivity index (χ4n) is 1.48. The molecule has 1 aromatic carbocycles. The van der Waals surface area contributed by atoms with Crippen LogP contribution in [0.1, 0.15) is 16.1 Å². The van der Waals surface area contributed by atoms with Gasteiger partial charge in [-0.25, -0.2) is 4.39 Å². The molecule has 0 fully saturated rings. The third kappa shape index (κ3) is 3.06. The number of hydrogen-bond acceptors (Lipinski definition) is 2. The van der Waals surface area contributed by atoms with Crippen molar-refractivity contribution in [2.75, 3.05) is 0 Å². The summed E-state index contributed by atoms with van der Waals surface area (Å²) in [5.41, 5.74) is 0.721. The normalized spacial score (nSPS) is 10.4. The lowest BCUT2D eigenvalue weighted by Crippen LogP contribution is -2.06. The Hall–Kier alpha value is -1.45. The topological polar surface area (TPSA) is 30.0 Å². The largest absolute Gasteiger partial charge is 0.292 e. The zero-order valence-electron chi connectivity index (χ0n) is 9.16. The van der Waals surface area contributed by atoms with Gasteiger partial charge in [0.05, 0.1) is 5.02 Å². The lowest BCUT2D eigenvalue weighted by Gasteiger charge is -2.03. The molecule has 2 rings (SSSR count). The van der Waals surface area contributed by atoms with Crippen molar-refractivity contribution in [1.82, 2.24) is 4.98 Å². The first-order valence-corrected chi connectivity index (χ1v) is 5.90. The molecule has 18 heavy (non-hydrogen) atoms. The van der Waals surface area contributed by atoms with Crippen LogP contribution in [0.2, 0.25) is 10.0 Å². The Morgan fingerprint density at radius 1 is 1.22 bits per heavy atom. The van der Waals surface area contributed by atoms with Crippen LogP contribution in [0.4, 0.5) is 4.39 Å². The van der Waals surface area contributed by atoms with Crippen LogP contribution in [0.5, 0.6) is 0 Å². The summed E-state index contributed by atoms with van der Waals surface area (Å²) in [5.74, 6) is -0.662. The zero-order chi connectivity index (χ0) is 13.1. The highest BCUT2D eigenvalue weighted by Crippen LogP contribution is 2.19. The predicted molar refractivity (Wildman–Crippen MR) is 68.7 cm³/mol. The molecule has 0 unspecified atom stereocenters. The molecule has 5 heteroatoms. The van der Waals surface area contributed by atoms with Crippen LogP contribution >= 0.6 is 23.2 Å². The van der Waals surface area contributed by atoms with Gasteiger partial charge in [-0.05, 0) is 35.9 Å². The maximum Gasteiger partial charge on any atom is 0.185 e. The molecule has 0 saturated heterocycles. The van der Waals surface area contributed by atoms with Crippen LogP contribution in [-0.4, -0.2) is 10.8 Å². The summed E-state index contributed by atoms with van der Waals surface area (Å²) < 4.78 is 13.0. The Balaban J connectivity index is 2.21. The van der Waals surface area contributed by atoms with Crippen molar-refractivity contribution < 1.29 is 9.18 Å². The first kappa shape index (κ1) is 13.0. The lowest BCUT2D eigenvalue weighted by atomic mass is 10.1. The maximum atomic E-state index is 13.0. The molecule has 0 aliphatic heterocycles. The van der Waals surface area contributed by atoms with E-state index >= 15 is 0 Å². The maximum absolute atomic E-state index is 13.0. The van der Waals surface area contributed by atoms with Gasteiger partial charge in [0, 0.05) is 17.6 Å². The minimum absolute atomic E-state index is 0.00518. The summed E-state index contributed by atoms with van der Waals surface area (Å²) in [5, 5.41) is 0.814. The van der Waals surface area contributed by atoms with Crippen LogP contribution < -0.4 is 0 Å². The van der Waals surface area contributed by atoms with Gasteiger partial charge in [0.1, 0.15) is 11.5 Å². The minimum atomic E-state index is -0.425. The van der Waals surface area contributed by atoms with E-state index in [0.29, 0.717) is 15.6 Å². The van der Waals surface area contributed by atoms with E-state index in [1.54, 1.807) is 6.07 Å². The Bertz CT molecular complexity index is 584. The van der Waals surface area contributed by atoms with Gasteiger partial charge in [0.2, 0.25) is 0 Å². The molecule has 2 nitrogen and oxygen atoms in total. The van der Waals surface area contributed by atoms with Crippen LogP contribution in [0.15, 0.2) is 36.5 Å². The highest BCUT2D eigenvalue weighted by atomic mass is 35.5. The molecule has 0 aliphatic rings. The van der Waals surface area contributed by atoms with Gasteiger partial charge >= 0.3 is 0 Å². The summed E-state index contributed by atoms with van der Waals surface area (Å²) in [7, 11) is 0. The van der Waals surface area contributed by atoms with Crippen molar-refractivity contribution in [2.24, 2.45) is 0 Å². The third-order valence-corrected chi connectivity index (χ3v) is 2.96. The molecule has 2 aromatic rings. The summed E-state index contributed by atoms with van der Waals surface area (Å²) in [4.78, 5) is 15.8. The third-order valence-electron chi connectivity index (χ3n) is 2.37. The molecule has 1 heterocycles. The fourth-order valence-corrected chi connectivity index (χ4v) is 1.78. The quantitative estimate of drug-likeness (QED) is 0.799. The van der Waals surface area contributed by atoms with E-state index in [0.717, 1.165) is 0 Å². The van der Waals surface area contributed by atoms with Crippen molar-refractivity contribution in [3.05, 3.63) is 63.6 Å². The number of ketones is 1. The minimum Gasteiger partial charge on any atom is -0.292 e. The Morgan fingerprint density at radius 2 is 2.00 bits per heavy atom. The molecule has 0 atom stereocenters. The second-order valence-corrected chi connectivity index (χ2v) is 4.54. The second kappa shape index (κ2) is 5.46. The monoisotopic (exact) mass is 283 g/mol. The average Bonchev–Trinajstić information content (AvgIpc) is 2.34. The Labute approximate surface area is 113 Å². The molecular formula is C13H8Cl2FNO. The van der Waals surface area contributed by atoms with E-state index in [9.17, 15) is 9.18 Å². The first-order chi connectivity index (χ1) is 8.56. The number of Topliss-reactive ketones (excluding diaryl/α,β-unsaturated/α-hetero) is 1. The Morgan fingerprint density at radius 3 is 2.67 bits per heavy atom. The van der Waals surface area contributed by atoms with Crippen molar-refractivity contribution in [3.63, 3.8) is 0 Å². The van der Waals surface area contributed by atoms with Crippen LogP contribution in [-0.2, 0) is 6.42 Å². The van der Waals surface area contributed by atoms with Gasteiger partial charge in [-0.3, -0.25) is 9.78 Å². The molecule has 0 radical (unpaired) electrons. The number of nitrogens with zero attached hydrogens (tertiary/aromatic N) is 1. The number of hydrogen-bond donors (Lipinski definition) is 0. The SMILES string of the molecule is O=C(Cc1cc(F)ccc1Cl)c1ccc(Cl)cn1. The molecule has 0 saturated carbocycles. The van der Waals surface area contributed by atoms with Crippen LogP contribution in [0, 0.1) is 5.82 Å². The molecule has 0 spiro atoms. The number of rotatable bonds is 3. The van der Waals surface area contributed by atoms with E-state index < -0.39 is 5.82 Å². The van der Waals surface area contributed by atoms with Gasteiger partial charge < -0.3 is 0 Å². The lowest BCUT2D eigenvalue weighted by molar-refractivity contribution is 0.0988. The van der Waals surface area contributed by atoms with Crippen LogP contribution in [0.3, 0.4) is 0 Å². The van der Waals surface area contributed by atoms with Crippen LogP contribution in [0.25, 0.3) is 0 Å². The standard InChI is InChI=1S/C13H8Cl2FNO/c14-9-1-4-12(17-7-9)13(18)6-8-5-10(16)2-3-11(8)15/h1-5,7H,6H2. The van der Waals surface area contributed by atoms with E-state index in [4.69, 9.17) is 23.2 Å². The van der Waals surface area contributed by atoms with Gasteiger partial charge in [0.15, 0.2) is 5.78 Å².